The number of piperidine rings is 1. The standard InChI is InChI=1S/C22H29NO2/c1-17(22(25)20-7-9-21(24)10-8-20)16-23-13-11-19(12-14-23)15-18-5-3-2-4-6-18/h2-10,17,19,22,24-25H,11-16H2,1H3/t17?,22-/m0/s1. The number of aromatic hydroxyl groups is 1. The van der Waals surface area contributed by atoms with Crippen LogP contribution in [-0.4, -0.2) is 34.7 Å². The van der Waals surface area contributed by atoms with Crippen molar-refractivity contribution in [2.24, 2.45) is 11.8 Å². The van der Waals surface area contributed by atoms with Crippen LogP contribution in [0.4, 0.5) is 0 Å². The van der Waals surface area contributed by atoms with Crippen LogP contribution >= 0.6 is 0 Å². The third kappa shape index (κ3) is 5.07. The molecule has 0 aromatic heterocycles. The molecule has 2 atom stereocenters. The first kappa shape index (κ1) is 18.0. The van der Waals surface area contributed by atoms with Gasteiger partial charge in [-0.25, -0.2) is 0 Å². The fourth-order valence-corrected chi connectivity index (χ4v) is 3.83. The van der Waals surface area contributed by atoms with Gasteiger partial charge in [-0.15, -0.1) is 0 Å². The zero-order valence-electron chi connectivity index (χ0n) is 15.0. The Labute approximate surface area is 150 Å². The lowest BCUT2D eigenvalue weighted by Gasteiger charge is -2.34. The monoisotopic (exact) mass is 339 g/mol. The summed E-state index contributed by atoms with van der Waals surface area (Å²) >= 11 is 0. The number of nitrogens with zero attached hydrogens (tertiary/aromatic N) is 1. The van der Waals surface area contributed by atoms with Crippen molar-refractivity contribution >= 4 is 0 Å². The number of hydrogen-bond acceptors (Lipinski definition) is 3. The highest BCUT2D eigenvalue weighted by Gasteiger charge is 2.24. The second kappa shape index (κ2) is 8.50. The molecule has 0 spiro atoms. The number of aliphatic hydroxyl groups excluding tert-OH is 1. The maximum absolute atomic E-state index is 10.5. The quantitative estimate of drug-likeness (QED) is 0.835. The van der Waals surface area contributed by atoms with Crippen LogP contribution in [0.5, 0.6) is 5.75 Å². The Hall–Kier alpha value is -1.84. The molecule has 25 heavy (non-hydrogen) atoms. The predicted molar refractivity (Wildman–Crippen MR) is 102 cm³/mol. The van der Waals surface area contributed by atoms with Gasteiger partial charge in [0.1, 0.15) is 5.75 Å². The van der Waals surface area contributed by atoms with Gasteiger partial charge in [0, 0.05) is 6.54 Å². The molecule has 3 rings (SSSR count). The molecular weight excluding hydrogens is 310 g/mol. The number of phenolic OH excluding ortho intramolecular Hbond substituents is 1. The van der Waals surface area contributed by atoms with Crippen molar-refractivity contribution in [1.82, 2.24) is 4.90 Å². The molecule has 2 aromatic carbocycles. The summed E-state index contributed by atoms with van der Waals surface area (Å²) in [7, 11) is 0. The molecule has 0 bridgehead atoms. The first-order chi connectivity index (χ1) is 12.1. The van der Waals surface area contributed by atoms with Crippen LogP contribution in [0.1, 0.15) is 37.0 Å². The van der Waals surface area contributed by atoms with E-state index in [1.807, 2.05) is 12.1 Å². The van der Waals surface area contributed by atoms with E-state index in [1.54, 1.807) is 12.1 Å². The van der Waals surface area contributed by atoms with E-state index in [0.717, 1.165) is 31.1 Å². The average molecular weight is 339 g/mol. The highest BCUT2D eigenvalue weighted by atomic mass is 16.3. The zero-order valence-corrected chi connectivity index (χ0v) is 15.0. The molecular formula is C22H29NO2. The van der Waals surface area contributed by atoms with Crippen molar-refractivity contribution in [2.75, 3.05) is 19.6 Å². The number of likely N-dealkylation sites (tertiary alicyclic amines) is 1. The largest absolute Gasteiger partial charge is 0.508 e. The Kier molecular flexibility index (Phi) is 6.11. The van der Waals surface area contributed by atoms with Gasteiger partial charge in [-0.3, -0.25) is 0 Å². The number of benzene rings is 2. The lowest BCUT2D eigenvalue weighted by atomic mass is 9.89. The third-order valence-electron chi connectivity index (χ3n) is 5.39. The first-order valence-corrected chi connectivity index (χ1v) is 9.35. The van der Waals surface area contributed by atoms with Gasteiger partial charge >= 0.3 is 0 Å². The zero-order chi connectivity index (χ0) is 17.6. The molecule has 1 aliphatic heterocycles. The minimum atomic E-state index is -0.484. The van der Waals surface area contributed by atoms with E-state index in [-0.39, 0.29) is 11.7 Å². The first-order valence-electron chi connectivity index (χ1n) is 9.35. The SMILES string of the molecule is CC(CN1CCC(Cc2ccccc2)CC1)[C@H](O)c1ccc(O)cc1. The second-order valence-corrected chi connectivity index (χ2v) is 7.45. The lowest BCUT2D eigenvalue weighted by molar-refractivity contribution is 0.0752. The van der Waals surface area contributed by atoms with E-state index in [9.17, 15) is 10.2 Å². The van der Waals surface area contributed by atoms with Crippen LogP contribution in [0.2, 0.25) is 0 Å². The second-order valence-electron chi connectivity index (χ2n) is 7.45. The molecule has 3 heteroatoms. The molecule has 134 valence electrons. The van der Waals surface area contributed by atoms with Gasteiger partial charge in [0.25, 0.3) is 0 Å². The van der Waals surface area contributed by atoms with Gasteiger partial charge in [0.15, 0.2) is 0 Å². The van der Waals surface area contributed by atoms with Crippen molar-refractivity contribution in [3.63, 3.8) is 0 Å². The number of hydrogen-bond donors (Lipinski definition) is 2. The van der Waals surface area contributed by atoms with Gasteiger partial charge in [-0.05, 0) is 67.4 Å². The molecule has 1 fully saturated rings. The molecule has 1 unspecified atom stereocenters. The van der Waals surface area contributed by atoms with E-state index < -0.39 is 6.10 Å². The molecule has 1 saturated heterocycles. The summed E-state index contributed by atoms with van der Waals surface area (Å²) in [5, 5.41) is 19.9. The van der Waals surface area contributed by atoms with Crippen LogP contribution in [0.3, 0.4) is 0 Å². The van der Waals surface area contributed by atoms with Crippen LogP contribution in [0.15, 0.2) is 54.6 Å². The summed E-state index contributed by atoms with van der Waals surface area (Å²) in [5.41, 5.74) is 2.32. The molecule has 0 radical (unpaired) electrons. The Morgan fingerprint density at radius 3 is 2.28 bits per heavy atom. The van der Waals surface area contributed by atoms with Gasteiger partial charge in [0.05, 0.1) is 6.10 Å². The Morgan fingerprint density at radius 1 is 1.00 bits per heavy atom. The Balaban J connectivity index is 1.46. The van der Waals surface area contributed by atoms with Gasteiger partial charge < -0.3 is 15.1 Å². The molecule has 0 saturated carbocycles. The van der Waals surface area contributed by atoms with E-state index in [1.165, 1.54) is 24.8 Å². The van der Waals surface area contributed by atoms with Gasteiger partial charge in [-0.2, -0.15) is 0 Å². The van der Waals surface area contributed by atoms with Crippen LogP contribution in [-0.2, 0) is 6.42 Å². The molecule has 0 amide bonds. The molecule has 1 aliphatic rings. The number of phenols is 1. The highest BCUT2D eigenvalue weighted by molar-refractivity contribution is 5.27. The van der Waals surface area contributed by atoms with E-state index in [4.69, 9.17) is 0 Å². The van der Waals surface area contributed by atoms with Crippen molar-refractivity contribution in [1.29, 1.82) is 0 Å². The Bertz CT molecular complexity index is 633. The maximum atomic E-state index is 10.5. The summed E-state index contributed by atoms with van der Waals surface area (Å²) < 4.78 is 0. The normalized spacial score (nSPS) is 18.8. The summed E-state index contributed by atoms with van der Waals surface area (Å²) in [5.74, 6) is 1.19. The van der Waals surface area contributed by atoms with Crippen molar-refractivity contribution in [2.45, 2.75) is 32.3 Å². The summed E-state index contributed by atoms with van der Waals surface area (Å²) in [6.45, 7) is 5.25. The van der Waals surface area contributed by atoms with Crippen LogP contribution < -0.4 is 0 Å². The number of aliphatic hydroxyl groups is 1. The average Bonchev–Trinajstić information content (AvgIpc) is 2.64. The molecule has 2 aromatic rings. The lowest BCUT2D eigenvalue weighted by Crippen LogP contribution is -2.38. The van der Waals surface area contributed by atoms with Crippen LogP contribution in [0.25, 0.3) is 0 Å². The molecule has 1 heterocycles. The highest BCUT2D eigenvalue weighted by Crippen LogP contribution is 2.27. The van der Waals surface area contributed by atoms with Crippen molar-refractivity contribution in [3.05, 3.63) is 65.7 Å². The van der Waals surface area contributed by atoms with Crippen LogP contribution in [0, 0.1) is 11.8 Å². The summed E-state index contributed by atoms with van der Waals surface area (Å²) in [6.07, 6.45) is 3.16. The maximum Gasteiger partial charge on any atom is 0.115 e. The van der Waals surface area contributed by atoms with Gasteiger partial charge in [-0.1, -0.05) is 49.4 Å². The van der Waals surface area contributed by atoms with E-state index >= 15 is 0 Å². The van der Waals surface area contributed by atoms with E-state index in [2.05, 4.69) is 42.2 Å². The summed E-state index contributed by atoms with van der Waals surface area (Å²) in [6, 6.07) is 17.7. The molecule has 2 N–H and O–H groups in total. The topological polar surface area (TPSA) is 43.7 Å². The fourth-order valence-electron chi connectivity index (χ4n) is 3.83. The number of rotatable bonds is 6. The fraction of sp³-hybridized carbons (Fsp3) is 0.455. The van der Waals surface area contributed by atoms with Gasteiger partial charge in [0.2, 0.25) is 0 Å². The van der Waals surface area contributed by atoms with Crippen molar-refractivity contribution < 1.29 is 10.2 Å². The minimum absolute atomic E-state index is 0.176. The van der Waals surface area contributed by atoms with E-state index in [0.29, 0.717) is 0 Å². The Morgan fingerprint density at radius 2 is 1.64 bits per heavy atom. The third-order valence-corrected chi connectivity index (χ3v) is 5.39. The molecule has 0 aliphatic carbocycles. The molecule has 3 nitrogen and oxygen atoms in total. The van der Waals surface area contributed by atoms with Crippen molar-refractivity contribution in [3.8, 4) is 5.75 Å². The smallest absolute Gasteiger partial charge is 0.115 e. The predicted octanol–water partition coefficient (Wildman–Crippen LogP) is 4.02. The summed E-state index contributed by atoms with van der Waals surface area (Å²) in [4.78, 5) is 2.48. The minimum Gasteiger partial charge on any atom is -0.508 e.